The smallest absolute Gasteiger partial charge is 0.322 e. The van der Waals surface area contributed by atoms with Crippen LogP contribution in [0.3, 0.4) is 0 Å². The predicted molar refractivity (Wildman–Crippen MR) is 128 cm³/mol. The molecule has 1 aliphatic carbocycles. The van der Waals surface area contributed by atoms with Gasteiger partial charge in [0, 0.05) is 24.8 Å². The van der Waals surface area contributed by atoms with E-state index in [0.717, 1.165) is 12.1 Å². The molecule has 0 saturated heterocycles. The molecule has 2 N–H and O–H groups in total. The van der Waals surface area contributed by atoms with Crippen LogP contribution in [0.1, 0.15) is 36.8 Å². The zero-order valence-electron chi connectivity index (χ0n) is 18.3. The number of nitrogens with one attached hydrogen (secondary N) is 1. The van der Waals surface area contributed by atoms with Crippen molar-refractivity contribution in [3.05, 3.63) is 63.6 Å². The minimum Gasteiger partial charge on any atom is -0.385 e. The molecule has 1 saturated carbocycles. The summed E-state index contributed by atoms with van der Waals surface area (Å²) in [6.07, 6.45) is 2.36. The van der Waals surface area contributed by atoms with E-state index in [1.54, 1.807) is 36.4 Å². The second kappa shape index (κ2) is 10.5. The van der Waals surface area contributed by atoms with Gasteiger partial charge in [0.15, 0.2) is 0 Å². The number of benzene rings is 2. The first-order chi connectivity index (χ1) is 15.2. The standard InChI is InChI=1S/C24H28Cl2N4O2/c1-29(2)12-13-30(23(31)28-19-6-7-21(25)22(26)15-19)20-8-10-24(32,11-9-20)18-5-3-4-17(14-18)16-27/h3-7,14-15,20,32H,8-13H2,1-2H3,(H,28,31). The monoisotopic (exact) mass is 474 g/mol. The lowest BCUT2D eigenvalue weighted by Gasteiger charge is -2.41. The Hall–Kier alpha value is -2.30. The van der Waals surface area contributed by atoms with Crippen molar-refractivity contribution in [2.75, 3.05) is 32.5 Å². The maximum Gasteiger partial charge on any atom is 0.322 e. The third-order valence-electron chi connectivity index (χ3n) is 5.97. The average Bonchev–Trinajstić information content (AvgIpc) is 2.77. The topological polar surface area (TPSA) is 79.6 Å². The summed E-state index contributed by atoms with van der Waals surface area (Å²) in [5.41, 5.74) is 0.887. The highest BCUT2D eigenvalue weighted by Gasteiger charge is 2.38. The number of halogens is 2. The SMILES string of the molecule is CN(C)CCN(C(=O)Nc1ccc(Cl)c(Cl)c1)C1CCC(O)(c2cccc(C#N)c2)CC1. The van der Waals surface area contributed by atoms with Crippen LogP contribution in [0, 0.1) is 11.3 Å². The van der Waals surface area contributed by atoms with Gasteiger partial charge in [0.1, 0.15) is 0 Å². The molecule has 1 aliphatic rings. The summed E-state index contributed by atoms with van der Waals surface area (Å²) >= 11 is 12.1. The van der Waals surface area contributed by atoms with Gasteiger partial charge in [-0.05, 0) is 75.7 Å². The third-order valence-corrected chi connectivity index (χ3v) is 6.71. The Bertz CT molecular complexity index is 998. The summed E-state index contributed by atoms with van der Waals surface area (Å²) in [5, 5.41) is 24.2. The molecule has 2 amide bonds. The number of amides is 2. The lowest BCUT2D eigenvalue weighted by Crippen LogP contribution is -2.49. The van der Waals surface area contributed by atoms with Crippen LogP contribution in [0.15, 0.2) is 42.5 Å². The lowest BCUT2D eigenvalue weighted by molar-refractivity contribution is -0.0196. The molecule has 0 heterocycles. The van der Waals surface area contributed by atoms with Gasteiger partial charge in [0.05, 0.1) is 27.3 Å². The van der Waals surface area contributed by atoms with E-state index in [0.29, 0.717) is 53.5 Å². The normalized spacial score (nSPS) is 20.6. The highest BCUT2D eigenvalue weighted by Crippen LogP contribution is 2.39. The molecule has 0 radical (unpaired) electrons. The molecule has 32 heavy (non-hydrogen) atoms. The number of urea groups is 1. The minimum absolute atomic E-state index is 0.00264. The van der Waals surface area contributed by atoms with Gasteiger partial charge in [-0.25, -0.2) is 4.79 Å². The summed E-state index contributed by atoms with van der Waals surface area (Å²) in [5.74, 6) is 0. The quantitative estimate of drug-likeness (QED) is 0.610. The van der Waals surface area contributed by atoms with Crippen LogP contribution in [0.2, 0.25) is 10.0 Å². The summed E-state index contributed by atoms with van der Waals surface area (Å²) in [6, 6.07) is 14.1. The second-order valence-corrected chi connectivity index (χ2v) is 9.33. The van der Waals surface area contributed by atoms with Crippen LogP contribution in [0.5, 0.6) is 0 Å². The fraction of sp³-hybridized carbons (Fsp3) is 0.417. The van der Waals surface area contributed by atoms with Gasteiger partial charge >= 0.3 is 6.03 Å². The molecular formula is C24H28Cl2N4O2. The highest BCUT2D eigenvalue weighted by atomic mass is 35.5. The molecule has 0 atom stereocenters. The van der Waals surface area contributed by atoms with Crippen molar-refractivity contribution in [3.63, 3.8) is 0 Å². The number of likely N-dealkylation sites (N-methyl/N-ethyl adjacent to an activating group) is 1. The zero-order valence-corrected chi connectivity index (χ0v) is 19.8. The van der Waals surface area contributed by atoms with Crippen molar-refractivity contribution in [1.82, 2.24) is 9.80 Å². The Kier molecular flexibility index (Phi) is 8.02. The van der Waals surface area contributed by atoms with Gasteiger partial charge in [-0.15, -0.1) is 0 Å². The maximum atomic E-state index is 13.2. The second-order valence-electron chi connectivity index (χ2n) is 8.51. The van der Waals surface area contributed by atoms with Gasteiger partial charge in [-0.1, -0.05) is 35.3 Å². The van der Waals surface area contributed by atoms with Crippen molar-refractivity contribution >= 4 is 34.9 Å². The van der Waals surface area contributed by atoms with E-state index in [1.165, 1.54) is 0 Å². The molecule has 2 aromatic carbocycles. The average molecular weight is 475 g/mol. The number of hydrogen-bond donors (Lipinski definition) is 2. The van der Waals surface area contributed by atoms with E-state index in [1.807, 2.05) is 30.0 Å². The minimum atomic E-state index is -0.989. The number of hydrogen-bond acceptors (Lipinski definition) is 4. The third kappa shape index (κ3) is 5.93. The van der Waals surface area contributed by atoms with Crippen molar-refractivity contribution in [1.29, 1.82) is 5.26 Å². The number of carbonyl (C=O) groups is 1. The van der Waals surface area contributed by atoms with Crippen LogP contribution >= 0.6 is 23.2 Å². The molecule has 0 unspecified atom stereocenters. The Labute approximate surface area is 199 Å². The first-order valence-electron chi connectivity index (χ1n) is 10.6. The number of anilines is 1. The van der Waals surface area contributed by atoms with Gasteiger partial charge in [-0.2, -0.15) is 5.26 Å². The fourth-order valence-electron chi connectivity index (χ4n) is 4.09. The number of rotatable bonds is 6. The van der Waals surface area contributed by atoms with Crippen LogP contribution in [0.25, 0.3) is 0 Å². The molecular weight excluding hydrogens is 447 g/mol. The Morgan fingerprint density at radius 2 is 1.88 bits per heavy atom. The summed E-state index contributed by atoms with van der Waals surface area (Å²) in [7, 11) is 3.94. The Morgan fingerprint density at radius 1 is 1.16 bits per heavy atom. The number of nitriles is 1. The molecule has 0 aliphatic heterocycles. The summed E-state index contributed by atoms with van der Waals surface area (Å²) in [6.45, 7) is 1.28. The molecule has 1 fully saturated rings. The van der Waals surface area contributed by atoms with E-state index in [-0.39, 0.29) is 12.1 Å². The number of carbonyl (C=O) groups excluding carboxylic acids is 1. The van der Waals surface area contributed by atoms with Gasteiger partial charge < -0.3 is 20.2 Å². The molecule has 3 rings (SSSR count). The van der Waals surface area contributed by atoms with Crippen molar-refractivity contribution in [3.8, 4) is 6.07 Å². The van der Waals surface area contributed by atoms with E-state index in [4.69, 9.17) is 23.2 Å². The number of nitrogens with zero attached hydrogens (tertiary/aromatic N) is 3. The molecule has 0 aromatic heterocycles. The van der Waals surface area contributed by atoms with Gasteiger partial charge in [0.2, 0.25) is 0 Å². The van der Waals surface area contributed by atoms with E-state index >= 15 is 0 Å². The first kappa shape index (κ1) is 24.3. The van der Waals surface area contributed by atoms with E-state index in [9.17, 15) is 15.2 Å². The highest BCUT2D eigenvalue weighted by molar-refractivity contribution is 6.42. The molecule has 8 heteroatoms. The van der Waals surface area contributed by atoms with Crippen LogP contribution in [0.4, 0.5) is 10.5 Å². The van der Waals surface area contributed by atoms with Crippen molar-refractivity contribution in [2.24, 2.45) is 0 Å². The number of aliphatic hydroxyl groups is 1. The largest absolute Gasteiger partial charge is 0.385 e. The summed E-state index contributed by atoms with van der Waals surface area (Å²) in [4.78, 5) is 17.0. The maximum absolute atomic E-state index is 13.2. The van der Waals surface area contributed by atoms with E-state index in [2.05, 4.69) is 11.4 Å². The van der Waals surface area contributed by atoms with Gasteiger partial charge in [0.25, 0.3) is 0 Å². The van der Waals surface area contributed by atoms with Crippen molar-refractivity contribution < 1.29 is 9.90 Å². The van der Waals surface area contributed by atoms with Gasteiger partial charge in [-0.3, -0.25) is 0 Å². The Balaban J connectivity index is 1.72. The van der Waals surface area contributed by atoms with Crippen LogP contribution < -0.4 is 5.32 Å². The molecule has 6 nitrogen and oxygen atoms in total. The zero-order chi connectivity index (χ0) is 23.3. The Morgan fingerprint density at radius 3 is 2.50 bits per heavy atom. The molecule has 170 valence electrons. The summed E-state index contributed by atoms with van der Waals surface area (Å²) < 4.78 is 0. The first-order valence-corrected chi connectivity index (χ1v) is 11.4. The van der Waals surface area contributed by atoms with Crippen molar-refractivity contribution in [2.45, 2.75) is 37.3 Å². The van der Waals surface area contributed by atoms with E-state index < -0.39 is 5.60 Å². The lowest BCUT2D eigenvalue weighted by atomic mass is 9.77. The molecule has 0 spiro atoms. The molecule has 0 bridgehead atoms. The van der Waals surface area contributed by atoms with Crippen LogP contribution in [-0.2, 0) is 5.60 Å². The molecule has 2 aromatic rings. The fourth-order valence-corrected chi connectivity index (χ4v) is 4.38. The van der Waals surface area contributed by atoms with Crippen LogP contribution in [-0.4, -0.2) is 54.2 Å². The predicted octanol–water partition coefficient (Wildman–Crippen LogP) is 5.09.